The van der Waals surface area contributed by atoms with Crippen molar-refractivity contribution >= 4 is 44.7 Å². The van der Waals surface area contributed by atoms with Crippen molar-refractivity contribution in [3.8, 4) is 0 Å². The largest absolute Gasteiger partial charge is 0.466 e. The fourth-order valence-electron chi connectivity index (χ4n) is 6.80. The molecule has 2 aromatic rings. The van der Waals surface area contributed by atoms with Crippen LogP contribution in [-0.2, 0) is 30.5 Å². The molecule has 40 heavy (non-hydrogen) atoms. The Balaban J connectivity index is 1.58. The van der Waals surface area contributed by atoms with Gasteiger partial charge in [0.1, 0.15) is 23.8 Å². The number of aromatic nitrogens is 3. The number of aliphatic hydroxyl groups is 1. The van der Waals surface area contributed by atoms with Crippen molar-refractivity contribution in [2.45, 2.75) is 68.9 Å². The molecule has 11 nitrogen and oxygen atoms in total. The molecule has 1 aromatic heterocycles. The minimum absolute atomic E-state index is 0.0705. The third kappa shape index (κ3) is 4.53. The van der Waals surface area contributed by atoms with E-state index in [2.05, 4.69) is 32.8 Å². The zero-order chi connectivity index (χ0) is 28.8. The molecule has 3 aliphatic heterocycles. The first-order valence-corrected chi connectivity index (χ1v) is 14.7. The molecule has 2 amide bonds. The van der Waals surface area contributed by atoms with Gasteiger partial charge in [-0.3, -0.25) is 14.4 Å². The van der Waals surface area contributed by atoms with Crippen LogP contribution in [0.4, 0.5) is 0 Å². The van der Waals surface area contributed by atoms with E-state index in [4.69, 9.17) is 9.47 Å². The van der Waals surface area contributed by atoms with Crippen LogP contribution < -0.4 is 0 Å². The molecular weight excluding hydrogens is 582 g/mol. The number of carbonyl (C=O) groups excluding carboxylic acids is 3. The van der Waals surface area contributed by atoms with Gasteiger partial charge in [-0.05, 0) is 37.8 Å². The van der Waals surface area contributed by atoms with Gasteiger partial charge in [-0.15, -0.1) is 11.7 Å². The third-order valence-corrected chi connectivity index (χ3v) is 9.10. The number of hydrogen-bond acceptors (Lipinski definition) is 8. The van der Waals surface area contributed by atoms with Crippen LogP contribution in [0, 0.1) is 17.8 Å². The Hall–Kier alpha value is -2.83. The van der Waals surface area contributed by atoms with Crippen molar-refractivity contribution in [3.05, 3.63) is 36.9 Å². The number of esters is 1. The van der Waals surface area contributed by atoms with E-state index in [0.29, 0.717) is 18.4 Å². The van der Waals surface area contributed by atoms with Gasteiger partial charge < -0.3 is 24.4 Å². The number of likely N-dealkylation sites (tertiary alicyclic amines) is 1. The number of aliphatic hydroxyl groups excluding tert-OH is 1. The number of ether oxygens (including phenoxy) is 2. The number of rotatable bonds is 11. The van der Waals surface area contributed by atoms with Crippen LogP contribution >= 0.6 is 15.9 Å². The highest BCUT2D eigenvalue weighted by atomic mass is 79.9. The molecule has 12 heteroatoms. The minimum Gasteiger partial charge on any atom is -0.466 e. The van der Waals surface area contributed by atoms with E-state index in [1.807, 2.05) is 38.1 Å². The summed E-state index contributed by atoms with van der Waals surface area (Å²) in [7, 11) is 0. The van der Waals surface area contributed by atoms with E-state index in [9.17, 15) is 19.5 Å². The van der Waals surface area contributed by atoms with Gasteiger partial charge in [0.2, 0.25) is 11.8 Å². The number of alkyl halides is 1. The summed E-state index contributed by atoms with van der Waals surface area (Å²) in [5.74, 6) is -2.82. The predicted octanol–water partition coefficient (Wildman–Crippen LogP) is 2.12. The van der Waals surface area contributed by atoms with E-state index < -0.39 is 41.6 Å². The minimum atomic E-state index is -1.25. The van der Waals surface area contributed by atoms with Crippen LogP contribution in [0.25, 0.3) is 11.0 Å². The molecule has 0 saturated carbocycles. The molecule has 5 rings (SSSR count). The molecule has 1 unspecified atom stereocenters. The second-order valence-corrected chi connectivity index (χ2v) is 12.4. The molecule has 2 bridgehead atoms. The number of carbonyl (C=O) groups is 3. The molecule has 1 N–H and O–H groups in total. The third-order valence-electron chi connectivity index (χ3n) is 8.25. The predicted molar refractivity (Wildman–Crippen MR) is 149 cm³/mol. The van der Waals surface area contributed by atoms with Gasteiger partial charge in [0.05, 0.1) is 42.7 Å². The summed E-state index contributed by atoms with van der Waals surface area (Å²) in [5, 5.41) is 18.9. The summed E-state index contributed by atoms with van der Waals surface area (Å²) < 4.78 is 13.5. The lowest BCUT2D eigenvalue weighted by Crippen LogP contribution is -2.59. The lowest BCUT2D eigenvalue weighted by Gasteiger charge is -2.39. The number of benzene rings is 1. The van der Waals surface area contributed by atoms with Gasteiger partial charge in [-0.25, -0.2) is 4.68 Å². The summed E-state index contributed by atoms with van der Waals surface area (Å²) in [6, 6.07) is 5.77. The number of fused-ring (bicyclic) bond motifs is 2. The normalized spacial score (nSPS) is 29.7. The topological polar surface area (TPSA) is 127 Å². The average molecular weight is 619 g/mol. The zero-order valence-electron chi connectivity index (χ0n) is 23.0. The number of halogens is 1. The summed E-state index contributed by atoms with van der Waals surface area (Å²) in [5.41, 5.74) is 0.201. The van der Waals surface area contributed by atoms with Crippen molar-refractivity contribution in [1.29, 1.82) is 0 Å². The summed E-state index contributed by atoms with van der Waals surface area (Å²) in [6.45, 7) is 9.65. The second-order valence-electron chi connectivity index (χ2n) is 11.2. The van der Waals surface area contributed by atoms with Crippen LogP contribution in [0.5, 0.6) is 0 Å². The van der Waals surface area contributed by atoms with Crippen LogP contribution in [0.1, 0.15) is 33.6 Å². The second kappa shape index (κ2) is 11.2. The van der Waals surface area contributed by atoms with Crippen molar-refractivity contribution in [2.75, 3.05) is 19.8 Å². The molecule has 1 spiro atoms. The Morgan fingerprint density at radius 3 is 2.80 bits per heavy atom. The van der Waals surface area contributed by atoms with Crippen molar-refractivity contribution in [1.82, 2.24) is 24.8 Å². The first-order valence-electron chi connectivity index (χ1n) is 13.8. The van der Waals surface area contributed by atoms with Crippen LogP contribution in [0.2, 0.25) is 0 Å². The van der Waals surface area contributed by atoms with Gasteiger partial charge in [0.15, 0.2) is 0 Å². The molecule has 3 aliphatic rings. The van der Waals surface area contributed by atoms with Crippen LogP contribution in [0.15, 0.2) is 36.9 Å². The van der Waals surface area contributed by atoms with Gasteiger partial charge in [0, 0.05) is 11.4 Å². The van der Waals surface area contributed by atoms with E-state index in [-0.39, 0.29) is 49.0 Å². The first-order chi connectivity index (χ1) is 19.2. The highest BCUT2D eigenvalue weighted by Gasteiger charge is 2.77. The van der Waals surface area contributed by atoms with E-state index >= 15 is 0 Å². The maximum Gasteiger partial charge on any atom is 0.312 e. The molecule has 4 heterocycles. The lowest BCUT2D eigenvalue weighted by atomic mass is 9.70. The fraction of sp³-hybridized carbons (Fsp3) is 0.607. The monoisotopic (exact) mass is 617 g/mol. The molecule has 0 radical (unpaired) electrons. The number of para-hydroxylation sites is 1. The maximum absolute atomic E-state index is 14.6. The SMILES string of the molecule is C=CCN(Cn1nnc2ccccc21)C(=O)[C@@H]1N([C@@H](CO)CC(C)C)C(=O)[C@H]2[C@H](C(=O)OCC)[C@H]3O[C@@]12CC3Br. The maximum atomic E-state index is 14.6. The van der Waals surface area contributed by atoms with Gasteiger partial charge >= 0.3 is 5.97 Å². The Morgan fingerprint density at radius 1 is 1.38 bits per heavy atom. The fourth-order valence-corrected chi connectivity index (χ4v) is 7.74. The molecule has 216 valence electrons. The van der Waals surface area contributed by atoms with Gasteiger partial charge in [0.25, 0.3) is 0 Å². The van der Waals surface area contributed by atoms with E-state index in [1.165, 1.54) is 4.90 Å². The molecule has 3 saturated heterocycles. The standard InChI is InChI=1S/C28H36BrN5O6/c1-5-11-32(15-33-20-10-8-7-9-19(20)30-31-33)26(37)24-28-13-18(29)23(40-28)21(27(38)39-6-2)22(28)25(36)34(24)17(14-35)12-16(3)4/h5,7-10,16-18,21-24,35H,1,6,11-15H2,2-4H3/t17-,18?,21+,22-,23+,24+,28-/m1/s1. The van der Waals surface area contributed by atoms with Crippen molar-refractivity contribution in [3.63, 3.8) is 0 Å². The summed E-state index contributed by atoms with van der Waals surface area (Å²) in [4.78, 5) is 44.9. The summed E-state index contributed by atoms with van der Waals surface area (Å²) >= 11 is 3.67. The Kier molecular flexibility index (Phi) is 8.04. The molecule has 0 aliphatic carbocycles. The van der Waals surface area contributed by atoms with Gasteiger partial charge in [-0.1, -0.05) is 53.2 Å². The van der Waals surface area contributed by atoms with E-state index in [1.54, 1.807) is 22.6 Å². The Labute approximate surface area is 241 Å². The lowest BCUT2D eigenvalue weighted by molar-refractivity contribution is -0.156. The highest BCUT2D eigenvalue weighted by Crippen LogP contribution is 2.60. The zero-order valence-corrected chi connectivity index (χ0v) is 24.6. The quantitative estimate of drug-likeness (QED) is 0.231. The molecule has 3 fully saturated rings. The number of hydrogen-bond donors (Lipinski definition) is 1. The van der Waals surface area contributed by atoms with Gasteiger partial charge in [-0.2, -0.15) is 0 Å². The highest BCUT2D eigenvalue weighted by molar-refractivity contribution is 9.09. The van der Waals surface area contributed by atoms with Crippen molar-refractivity contribution in [2.24, 2.45) is 17.8 Å². The smallest absolute Gasteiger partial charge is 0.312 e. The summed E-state index contributed by atoms with van der Waals surface area (Å²) in [6.07, 6.45) is 1.86. The average Bonchev–Trinajstić information content (AvgIpc) is 3.64. The van der Waals surface area contributed by atoms with Crippen LogP contribution in [0.3, 0.4) is 0 Å². The first kappa shape index (κ1) is 28.7. The number of amides is 2. The van der Waals surface area contributed by atoms with E-state index in [0.717, 1.165) is 5.52 Å². The number of nitrogens with zero attached hydrogens (tertiary/aromatic N) is 5. The Bertz CT molecular complexity index is 1300. The molecular formula is C28H36BrN5O6. The molecule has 1 aromatic carbocycles. The van der Waals surface area contributed by atoms with Crippen molar-refractivity contribution < 1.29 is 29.0 Å². The Morgan fingerprint density at radius 2 is 2.12 bits per heavy atom. The molecule has 7 atom stereocenters. The van der Waals surface area contributed by atoms with Crippen LogP contribution in [-0.4, -0.2) is 96.1 Å².